The van der Waals surface area contributed by atoms with Crippen molar-refractivity contribution >= 4 is 15.9 Å². The zero-order valence-electron chi connectivity index (χ0n) is 11.3. The van der Waals surface area contributed by atoms with Crippen LogP contribution in [-0.2, 0) is 6.42 Å². The van der Waals surface area contributed by atoms with Crippen LogP contribution in [0.15, 0.2) is 27.1 Å². The van der Waals surface area contributed by atoms with E-state index < -0.39 is 0 Å². The van der Waals surface area contributed by atoms with Crippen LogP contribution in [0, 0.1) is 5.82 Å². The number of aryl methyl sites for hydroxylation is 1. The van der Waals surface area contributed by atoms with Crippen molar-refractivity contribution in [2.24, 2.45) is 0 Å². The molecular weight excluding hydrogens is 325 g/mol. The molecule has 1 N–H and O–H groups in total. The Bertz CT molecular complexity index is 539. The van der Waals surface area contributed by atoms with Crippen LogP contribution in [0.3, 0.4) is 0 Å². The van der Waals surface area contributed by atoms with Crippen molar-refractivity contribution in [3.8, 4) is 11.5 Å². The zero-order chi connectivity index (χ0) is 14.4. The maximum Gasteiger partial charge on any atom is 0.247 e. The van der Waals surface area contributed by atoms with Gasteiger partial charge in [-0.05, 0) is 44.1 Å². The van der Waals surface area contributed by atoms with E-state index in [0.29, 0.717) is 21.8 Å². The van der Waals surface area contributed by atoms with E-state index in [1.165, 1.54) is 12.1 Å². The molecule has 0 aliphatic rings. The highest BCUT2D eigenvalue weighted by atomic mass is 79.9. The Morgan fingerprint density at radius 1 is 1.25 bits per heavy atom. The highest BCUT2D eigenvalue weighted by Gasteiger charge is 2.10. The molecule has 0 aliphatic heterocycles. The molecule has 0 unspecified atom stereocenters. The van der Waals surface area contributed by atoms with Gasteiger partial charge in [0.2, 0.25) is 11.8 Å². The molecule has 20 heavy (non-hydrogen) atoms. The van der Waals surface area contributed by atoms with Crippen molar-refractivity contribution in [3.05, 3.63) is 34.4 Å². The van der Waals surface area contributed by atoms with Crippen LogP contribution in [0.5, 0.6) is 0 Å². The van der Waals surface area contributed by atoms with Crippen LogP contribution in [0.1, 0.15) is 25.7 Å². The fraction of sp³-hybridized carbons (Fsp3) is 0.429. The van der Waals surface area contributed by atoms with Crippen LogP contribution in [0.4, 0.5) is 4.39 Å². The largest absolute Gasteiger partial charge is 0.421 e. The average molecular weight is 342 g/mol. The molecule has 2 rings (SSSR count). The number of rotatable bonds is 7. The number of nitrogens with one attached hydrogen (secondary N) is 1. The predicted molar refractivity (Wildman–Crippen MR) is 78.9 cm³/mol. The number of aromatic nitrogens is 2. The van der Waals surface area contributed by atoms with Gasteiger partial charge in [0.1, 0.15) is 5.82 Å². The van der Waals surface area contributed by atoms with Gasteiger partial charge in [-0.2, -0.15) is 0 Å². The summed E-state index contributed by atoms with van der Waals surface area (Å²) in [5.74, 6) is 0.596. The number of nitrogens with zero attached hydrogens (tertiary/aromatic N) is 2. The molecule has 1 heterocycles. The first-order chi connectivity index (χ1) is 9.69. The highest BCUT2D eigenvalue weighted by molar-refractivity contribution is 9.10. The Morgan fingerprint density at radius 3 is 2.85 bits per heavy atom. The molecule has 0 fully saturated rings. The minimum absolute atomic E-state index is 0.335. The van der Waals surface area contributed by atoms with Crippen molar-refractivity contribution in [1.29, 1.82) is 0 Å². The van der Waals surface area contributed by atoms with Gasteiger partial charge < -0.3 is 9.73 Å². The van der Waals surface area contributed by atoms with Gasteiger partial charge >= 0.3 is 0 Å². The third kappa shape index (κ3) is 4.38. The minimum Gasteiger partial charge on any atom is -0.421 e. The normalized spacial score (nSPS) is 10.9. The van der Waals surface area contributed by atoms with Gasteiger partial charge in [0, 0.05) is 16.5 Å². The summed E-state index contributed by atoms with van der Waals surface area (Å²) in [5.41, 5.74) is 0.583. The first-order valence-corrected chi connectivity index (χ1v) is 7.48. The molecule has 0 saturated heterocycles. The lowest BCUT2D eigenvalue weighted by atomic mass is 10.2. The standard InChI is InChI=1S/C14H17BrFN3O/c1-2-5-17-6-3-4-13-18-19-14(20-13)10-7-11(15)9-12(16)8-10/h7-9,17H,2-6H2,1H3. The van der Waals surface area contributed by atoms with Gasteiger partial charge in [-0.3, -0.25) is 0 Å². The number of benzene rings is 1. The molecule has 0 saturated carbocycles. The molecule has 6 heteroatoms. The van der Waals surface area contributed by atoms with Crippen LogP contribution in [-0.4, -0.2) is 23.3 Å². The molecule has 1 aromatic carbocycles. The van der Waals surface area contributed by atoms with Crippen molar-refractivity contribution in [3.63, 3.8) is 0 Å². The summed E-state index contributed by atoms with van der Waals surface area (Å²) < 4.78 is 19.5. The Kier molecular flexibility index (Phi) is 5.67. The lowest BCUT2D eigenvalue weighted by molar-refractivity contribution is 0.490. The van der Waals surface area contributed by atoms with Gasteiger partial charge in [0.05, 0.1) is 0 Å². The second-order valence-electron chi connectivity index (χ2n) is 4.51. The second kappa shape index (κ2) is 7.50. The van der Waals surface area contributed by atoms with Crippen molar-refractivity contribution in [2.75, 3.05) is 13.1 Å². The molecule has 108 valence electrons. The number of hydrogen-bond acceptors (Lipinski definition) is 4. The van der Waals surface area contributed by atoms with E-state index >= 15 is 0 Å². The second-order valence-corrected chi connectivity index (χ2v) is 5.43. The molecule has 2 aromatic rings. The van der Waals surface area contributed by atoms with Crippen LogP contribution >= 0.6 is 15.9 Å². The SMILES string of the molecule is CCCNCCCc1nnc(-c2cc(F)cc(Br)c2)o1. The lowest BCUT2D eigenvalue weighted by Gasteiger charge is -2.00. The third-order valence-corrected chi connectivity index (χ3v) is 3.21. The summed E-state index contributed by atoms with van der Waals surface area (Å²) in [5, 5.41) is 11.3. The van der Waals surface area contributed by atoms with Crippen molar-refractivity contribution in [1.82, 2.24) is 15.5 Å². The Hall–Kier alpha value is -1.27. The van der Waals surface area contributed by atoms with Crippen LogP contribution in [0.2, 0.25) is 0 Å². The van der Waals surface area contributed by atoms with Crippen molar-refractivity contribution in [2.45, 2.75) is 26.2 Å². The first kappa shape index (κ1) is 15.1. The quantitative estimate of drug-likeness (QED) is 0.782. The monoisotopic (exact) mass is 341 g/mol. The highest BCUT2D eigenvalue weighted by Crippen LogP contribution is 2.23. The Labute approximate surface area is 125 Å². The molecule has 4 nitrogen and oxygen atoms in total. The summed E-state index contributed by atoms with van der Waals surface area (Å²) >= 11 is 3.24. The Morgan fingerprint density at radius 2 is 2.10 bits per heavy atom. The third-order valence-electron chi connectivity index (χ3n) is 2.75. The summed E-state index contributed by atoms with van der Waals surface area (Å²) in [6, 6.07) is 4.52. The van der Waals surface area contributed by atoms with E-state index in [1.807, 2.05) is 0 Å². The van der Waals surface area contributed by atoms with Crippen LogP contribution in [0.25, 0.3) is 11.5 Å². The maximum atomic E-state index is 13.3. The summed E-state index contributed by atoms with van der Waals surface area (Å²) in [4.78, 5) is 0. The molecule has 0 spiro atoms. The van der Waals surface area contributed by atoms with Crippen molar-refractivity contribution < 1.29 is 8.81 Å². The van der Waals surface area contributed by atoms with E-state index in [4.69, 9.17) is 4.42 Å². The van der Waals surface area contributed by atoms with E-state index in [9.17, 15) is 4.39 Å². The summed E-state index contributed by atoms with van der Waals surface area (Å²) in [6.45, 7) is 4.08. The molecule has 0 atom stereocenters. The topological polar surface area (TPSA) is 51.0 Å². The zero-order valence-corrected chi connectivity index (χ0v) is 12.9. The van der Waals surface area contributed by atoms with Gasteiger partial charge in [0.25, 0.3) is 0 Å². The molecule has 0 radical (unpaired) electrons. The van der Waals surface area contributed by atoms with Gasteiger partial charge in [-0.15, -0.1) is 10.2 Å². The molecule has 0 aliphatic carbocycles. The molecule has 0 amide bonds. The average Bonchev–Trinajstić information content (AvgIpc) is 2.86. The smallest absolute Gasteiger partial charge is 0.247 e. The van der Waals surface area contributed by atoms with E-state index in [0.717, 1.165) is 32.4 Å². The maximum absolute atomic E-state index is 13.3. The van der Waals surface area contributed by atoms with Gasteiger partial charge in [0.15, 0.2) is 0 Å². The first-order valence-electron chi connectivity index (χ1n) is 6.68. The summed E-state index contributed by atoms with van der Waals surface area (Å²) in [6.07, 6.45) is 2.79. The molecular formula is C14H17BrFN3O. The summed E-state index contributed by atoms with van der Waals surface area (Å²) in [7, 11) is 0. The molecule has 1 aromatic heterocycles. The fourth-order valence-corrected chi connectivity index (χ4v) is 2.28. The Balaban J connectivity index is 1.94. The number of hydrogen-bond donors (Lipinski definition) is 1. The van der Waals surface area contributed by atoms with E-state index in [2.05, 4.69) is 38.4 Å². The van der Waals surface area contributed by atoms with Gasteiger partial charge in [-0.25, -0.2) is 4.39 Å². The van der Waals surface area contributed by atoms with Crippen LogP contribution < -0.4 is 5.32 Å². The fourth-order valence-electron chi connectivity index (χ4n) is 1.81. The van der Waals surface area contributed by atoms with E-state index in [-0.39, 0.29) is 5.82 Å². The van der Waals surface area contributed by atoms with E-state index in [1.54, 1.807) is 6.07 Å². The minimum atomic E-state index is -0.335. The van der Waals surface area contributed by atoms with Gasteiger partial charge in [-0.1, -0.05) is 22.9 Å². The number of halogens is 2. The predicted octanol–water partition coefficient (Wildman–Crippen LogP) is 3.57. The molecule has 0 bridgehead atoms. The lowest BCUT2D eigenvalue weighted by Crippen LogP contribution is -2.16.